The molecule has 1 aromatic heterocycles. The van der Waals surface area contributed by atoms with E-state index in [1.165, 1.54) is 0 Å². The van der Waals surface area contributed by atoms with E-state index in [4.69, 9.17) is 4.74 Å². The molecule has 1 amide bonds. The summed E-state index contributed by atoms with van der Waals surface area (Å²) in [6, 6.07) is 15.3. The van der Waals surface area contributed by atoms with Gasteiger partial charge in [0, 0.05) is 5.56 Å². The van der Waals surface area contributed by atoms with Crippen molar-refractivity contribution < 1.29 is 9.53 Å². The second kappa shape index (κ2) is 5.85. The predicted molar refractivity (Wildman–Crippen MR) is 92.6 cm³/mol. The summed E-state index contributed by atoms with van der Waals surface area (Å²) < 4.78 is 5.64. The molecule has 24 heavy (non-hydrogen) atoms. The third-order valence-corrected chi connectivity index (χ3v) is 4.09. The molecule has 2 N–H and O–H groups in total. The number of carbonyl (C=O) groups is 1. The highest BCUT2D eigenvalue weighted by atomic mass is 16.5. The average Bonchev–Trinajstić information content (AvgIpc) is 3.05. The van der Waals surface area contributed by atoms with E-state index in [2.05, 4.69) is 15.3 Å². The minimum atomic E-state index is -0.219. The average molecular weight is 319 g/mol. The van der Waals surface area contributed by atoms with Crippen molar-refractivity contribution in [2.45, 2.75) is 13.0 Å². The number of carbonyl (C=O) groups excluding carboxylic acids is 1. The number of fused-ring (bicyclic) bond motifs is 2. The third-order valence-electron chi connectivity index (χ3n) is 4.09. The minimum Gasteiger partial charge on any atom is -0.488 e. The SMILES string of the molecule is CC(NC(=O)C1=Cc2ccccc2OC1)c1nc2ccccc2[nH]1. The van der Waals surface area contributed by atoms with E-state index >= 15 is 0 Å². The maximum absolute atomic E-state index is 12.5. The fourth-order valence-electron chi connectivity index (χ4n) is 2.78. The molecule has 3 aromatic rings. The summed E-state index contributed by atoms with van der Waals surface area (Å²) in [7, 11) is 0. The summed E-state index contributed by atoms with van der Waals surface area (Å²) in [5.41, 5.74) is 3.38. The van der Waals surface area contributed by atoms with E-state index in [0.29, 0.717) is 5.57 Å². The van der Waals surface area contributed by atoms with Crippen LogP contribution in [0, 0.1) is 0 Å². The lowest BCUT2D eigenvalue weighted by molar-refractivity contribution is -0.118. The van der Waals surface area contributed by atoms with Crippen LogP contribution in [0.3, 0.4) is 0 Å². The molecular formula is C19H17N3O2. The van der Waals surface area contributed by atoms with Crippen molar-refractivity contribution in [2.75, 3.05) is 6.61 Å². The molecule has 2 aromatic carbocycles. The first kappa shape index (κ1) is 14.5. The normalized spacial score (nSPS) is 14.5. The highest BCUT2D eigenvalue weighted by Crippen LogP contribution is 2.26. The quantitative estimate of drug-likeness (QED) is 0.779. The number of ether oxygens (including phenoxy) is 1. The molecule has 0 aliphatic carbocycles. The van der Waals surface area contributed by atoms with Crippen LogP contribution in [0.1, 0.15) is 24.4 Å². The molecule has 2 heterocycles. The summed E-state index contributed by atoms with van der Waals surface area (Å²) in [5.74, 6) is 1.40. The van der Waals surface area contributed by atoms with Crippen molar-refractivity contribution in [3.8, 4) is 5.75 Å². The Hall–Kier alpha value is -3.08. The molecule has 5 heteroatoms. The Morgan fingerprint density at radius 2 is 2.00 bits per heavy atom. The first-order chi connectivity index (χ1) is 11.7. The van der Waals surface area contributed by atoms with Crippen LogP contribution in [0.5, 0.6) is 5.75 Å². The molecular weight excluding hydrogens is 302 g/mol. The van der Waals surface area contributed by atoms with E-state index in [1.54, 1.807) is 0 Å². The van der Waals surface area contributed by atoms with E-state index in [0.717, 1.165) is 28.2 Å². The van der Waals surface area contributed by atoms with Gasteiger partial charge in [0.2, 0.25) is 0 Å². The van der Waals surface area contributed by atoms with Crippen LogP contribution in [-0.4, -0.2) is 22.5 Å². The van der Waals surface area contributed by atoms with Crippen LogP contribution in [-0.2, 0) is 4.79 Å². The van der Waals surface area contributed by atoms with E-state index in [9.17, 15) is 4.79 Å². The fraction of sp³-hybridized carbons (Fsp3) is 0.158. The number of aromatic amines is 1. The standard InChI is InChI=1S/C19H17N3O2/c1-12(18-21-15-7-3-4-8-16(15)22-18)20-19(23)14-10-13-6-2-5-9-17(13)24-11-14/h2-10,12H,11H2,1H3,(H,20,23)(H,21,22). The van der Waals surface area contributed by atoms with Crippen molar-refractivity contribution in [3.05, 3.63) is 65.5 Å². The number of hydrogen-bond donors (Lipinski definition) is 2. The summed E-state index contributed by atoms with van der Waals surface area (Å²) in [4.78, 5) is 20.3. The van der Waals surface area contributed by atoms with Gasteiger partial charge >= 0.3 is 0 Å². The van der Waals surface area contributed by atoms with Gasteiger partial charge in [0.05, 0.1) is 22.6 Å². The number of rotatable bonds is 3. The number of nitrogens with zero attached hydrogens (tertiary/aromatic N) is 1. The highest BCUT2D eigenvalue weighted by molar-refractivity contribution is 5.99. The molecule has 5 nitrogen and oxygen atoms in total. The number of para-hydroxylation sites is 3. The van der Waals surface area contributed by atoms with Crippen molar-refractivity contribution in [2.24, 2.45) is 0 Å². The maximum Gasteiger partial charge on any atom is 0.251 e. The first-order valence-corrected chi connectivity index (χ1v) is 7.88. The smallest absolute Gasteiger partial charge is 0.251 e. The van der Waals surface area contributed by atoms with Crippen LogP contribution in [0.15, 0.2) is 54.1 Å². The van der Waals surface area contributed by atoms with Crippen molar-refractivity contribution in [3.63, 3.8) is 0 Å². The largest absolute Gasteiger partial charge is 0.488 e. The summed E-state index contributed by atoms with van der Waals surface area (Å²) >= 11 is 0. The van der Waals surface area contributed by atoms with E-state index in [1.807, 2.05) is 61.5 Å². The maximum atomic E-state index is 12.5. The molecule has 1 atom stereocenters. The van der Waals surface area contributed by atoms with Crippen molar-refractivity contribution in [1.29, 1.82) is 0 Å². The van der Waals surface area contributed by atoms with Gasteiger partial charge in [-0.25, -0.2) is 4.98 Å². The number of H-pyrrole nitrogens is 1. The van der Waals surface area contributed by atoms with Gasteiger partial charge in [-0.15, -0.1) is 0 Å². The molecule has 0 bridgehead atoms. The van der Waals surface area contributed by atoms with Gasteiger partial charge in [-0.2, -0.15) is 0 Å². The number of hydrogen-bond acceptors (Lipinski definition) is 3. The number of amides is 1. The Labute approximate surface area is 139 Å². The molecule has 1 unspecified atom stereocenters. The summed E-state index contributed by atoms with van der Waals surface area (Å²) in [6.45, 7) is 2.18. The van der Waals surface area contributed by atoms with Gasteiger partial charge in [-0.05, 0) is 31.2 Å². The van der Waals surface area contributed by atoms with Gasteiger partial charge in [0.15, 0.2) is 0 Å². The second-order valence-corrected chi connectivity index (χ2v) is 5.83. The van der Waals surface area contributed by atoms with Crippen LogP contribution in [0.25, 0.3) is 17.1 Å². The molecule has 0 radical (unpaired) electrons. The van der Waals surface area contributed by atoms with Crippen LogP contribution in [0.4, 0.5) is 0 Å². The molecule has 0 fully saturated rings. The lowest BCUT2D eigenvalue weighted by atomic mass is 10.1. The zero-order chi connectivity index (χ0) is 16.5. The summed E-state index contributed by atoms with van der Waals surface area (Å²) in [6.07, 6.45) is 1.87. The molecule has 1 aliphatic heterocycles. The molecule has 0 spiro atoms. The predicted octanol–water partition coefficient (Wildman–Crippen LogP) is 3.22. The second-order valence-electron chi connectivity index (χ2n) is 5.83. The first-order valence-electron chi connectivity index (χ1n) is 7.88. The fourth-order valence-corrected chi connectivity index (χ4v) is 2.78. The zero-order valence-corrected chi connectivity index (χ0v) is 13.2. The van der Waals surface area contributed by atoms with Crippen molar-refractivity contribution in [1.82, 2.24) is 15.3 Å². The number of benzene rings is 2. The number of imidazole rings is 1. The Bertz CT molecular complexity index is 909. The lowest BCUT2D eigenvalue weighted by Gasteiger charge is -2.19. The number of aromatic nitrogens is 2. The van der Waals surface area contributed by atoms with Crippen molar-refractivity contribution >= 4 is 23.0 Å². The zero-order valence-electron chi connectivity index (χ0n) is 13.2. The molecule has 1 aliphatic rings. The van der Waals surface area contributed by atoms with Crippen LogP contribution >= 0.6 is 0 Å². The van der Waals surface area contributed by atoms with E-state index in [-0.39, 0.29) is 18.6 Å². The Morgan fingerprint density at radius 3 is 2.88 bits per heavy atom. The monoisotopic (exact) mass is 319 g/mol. The third kappa shape index (κ3) is 2.65. The van der Waals surface area contributed by atoms with Gasteiger partial charge < -0.3 is 15.0 Å². The van der Waals surface area contributed by atoms with Crippen LogP contribution < -0.4 is 10.1 Å². The van der Waals surface area contributed by atoms with Gasteiger partial charge in [-0.3, -0.25) is 4.79 Å². The minimum absolute atomic E-state index is 0.141. The lowest BCUT2D eigenvalue weighted by Crippen LogP contribution is -2.31. The van der Waals surface area contributed by atoms with Gasteiger partial charge in [-0.1, -0.05) is 30.3 Å². The highest BCUT2D eigenvalue weighted by Gasteiger charge is 2.20. The van der Waals surface area contributed by atoms with Crippen LogP contribution in [0.2, 0.25) is 0 Å². The molecule has 120 valence electrons. The number of nitrogens with one attached hydrogen (secondary N) is 2. The Kier molecular flexibility index (Phi) is 3.54. The summed E-state index contributed by atoms with van der Waals surface area (Å²) in [5, 5.41) is 2.98. The Morgan fingerprint density at radius 1 is 1.21 bits per heavy atom. The van der Waals surface area contributed by atoms with Gasteiger partial charge in [0.25, 0.3) is 5.91 Å². The van der Waals surface area contributed by atoms with E-state index < -0.39 is 0 Å². The molecule has 0 saturated heterocycles. The molecule has 0 saturated carbocycles. The van der Waals surface area contributed by atoms with Gasteiger partial charge in [0.1, 0.15) is 18.2 Å². The molecule has 4 rings (SSSR count). The Balaban J connectivity index is 1.52. The topological polar surface area (TPSA) is 67.0 Å².